The molecular formula is C49H52N8O6. The first kappa shape index (κ1) is 41.5. The Labute approximate surface area is 365 Å². The molecule has 14 heteroatoms. The Balaban J connectivity index is 1.22. The minimum atomic E-state index is -1.18. The third-order valence-corrected chi connectivity index (χ3v) is 13.1. The molecular weight excluding hydrogens is 797 g/mol. The maximum absolute atomic E-state index is 15.2. The van der Waals surface area contributed by atoms with Crippen LogP contribution in [0.25, 0.3) is 10.9 Å². The number of anilines is 1. The molecule has 4 aliphatic heterocycles. The minimum Gasteiger partial charge on any atom is -0.343 e. The highest BCUT2D eigenvalue weighted by Gasteiger charge is 2.68. The number of piperidine rings is 1. The van der Waals surface area contributed by atoms with Gasteiger partial charge in [0.05, 0.1) is 11.7 Å². The number of nitrogens with one attached hydrogen (secondary N) is 4. The molecule has 6 amide bonds. The van der Waals surface area contributed by atoms with Crippen LogP contribution >= 0.6 is 0 Å². The van der Waals surface area contributed by atoms with E-state index in [1.807, 2.05) is 129 Å². The molecule has 4 aliphatic rings. The highest BCUT2D eigenvalue weighted by atomic mass is 16.2. The zero-order valence-corrected chi connectivity index (χ0v) is 35.5. The molecule has 6 N–H and O–H groups in total. The number of para-hydroxylation sites is 2. The van der Waals surface area contributed by atoms with Crippen LogP contribution in [0.1, 0.15) is 55.9 Å². The van der Waals surface area contributed by atoms with Gasteiger partial charge < -0.3 is 36.5 Å². The molecule has 1 aromatic heterocycles. The van der Waals surface area contributed by atoms with Gasteiger partial charge >= 0.3 is 0 Å². The SMILES string of the molecule is CC(C)CC1NC(=O)[C@H](C)NC(=O)C(NC(=O)C(N)Cc2ccccc2)Cc2cn(c3ccccc23)[C@]23C[C@H](NC1=O)C(=O)N1[C@@H](Cc4ccccc4)C(=O)N(c4ccccc42)[C@@H]13. The van der Waals surface area contributed by atoms with Gasteiger partial charge in [0, 0.05) is 41.9 Å². The highest BCUT2D eigenvalue weighted by molar-refractivity contribution is 6.08. The first-order chi connectivity index (χ1) is 30.3. The summed E-state index contributed by atoms with van der Waals surface area (Å²) in [5.41, 5.74) is 9.97. The molecule has 14 nitrogen and oxygen atoms in total. The monoisotopic (exact) mass is 848 g/mol. The number of benzene rings is 4. The predicted octanol–water partition coefficient (Wildman–Crippen LogP) is 3.05. The number of carbonyl (C=O) groups excluding carboxylic acids is 6. The second-order valence-electron chi connectivity index (χ2n) is 17.8. The Morgan fingerprint density at radius 1 is 0.794 bits per heavy atom. The summed E-state index contributed by atoms with van der Waals surface area (Å²) in [6.45, 7) is 5.36. The molecule has 0 aliphatic carbocycles. The number of fused-ring (bicyclic) bond motifs is 8. The molecule has 63 heavy (non-hydrogen) atoms. The number of carbonyl (C=O) groups is 6. The standard InChI is InChI=1S/C49H52N8O6/c1-28(2)22-36-45(61)54-38-26-49(34-19-11-13-21-40(34)56-47(63)41(57(46(38)62)48(49)56)24-31-16-8-5-9-17-31)55-27-32(33-18-10-12-20-39(33)55)25-37(44(60)51-29(3)42(58)52-36)53-43(59)35(50)23-30-14-6-4-7-15-30/h4-21,27-29,35-38,41,48H,22-26,50H2,1-3H3,(H,51,60)(H,52,58)(H,53,59)(H,54,61)/t29-,35?,36?,37?,38-,41-,48-,49+/m0/s1. The number of nitrogens with two attached hydrogens (primary N) is 1. The smallest absolute Gasteiger partial charge is 0.252 e. The minimum absolute atomic E-state index is 0.0118. The van der Waals surface area contributed by atoms with Crippen molar-refractivity contribution in [2.24, 2.45) is 11.7 Å². The van der Waals surface area contributed by atoms with Crippen LogP contribution in [0.3, 0.4) is 0 Å². The van der Waals surface area contributed by atoms with Gasteiger partial charge in [-0.3, -0.25) is 33.7 Å². The quantitative estimate of drug-likeness (QED) is 0.159. The van der Waals surface area contributed by atoms with E-state index < -0.39 is 77.5 Å². The maximum Gasteiger partial charge on any atom is 0.252 e. The number of rotatable bonds is 8. The van der Waals surface area contributed by atoms with Crippen molar-refractivity contribution >= 4 is 52.0 Å². The maximum atomic E-state index is 15.2. The Morgan fingerprint density at radius 2 is 1.46 bits per heavy atom. The lowest BCUT2D eigenvalue weighted by molar-refractivity contribution is -0.147. The van der Waals surface area contributed by atoms with Crippen molar-refractivity contribution in [2.75, 3.05) is 4.90 Å². The Kier molecular flexibility index (Phi) is 10.9. The van der Waals surface area contributed by atoms with Gasteiger partial charge in [-0.15, -0.1) is 0 Å². The Bertz CT molecular complexity index is 2610. The normalized spacial score (nSPS) is 26.2. The molecule has 3 unspecified atom stereocenters. The van der Waals surface area contributed by atoms with E-state index in [1.54, 1.807) is 9.80 Å². The number of hydrogen-bond acceptors (Lipinski definition) is 7. The molecule has 5 heterocycles. The molecule has 0 radical (unpaired) electrons. The third-order valence-electron chi connectivity index (χ3n) is 13.1. The van der Waals surface area contributed by atoms with Crippen molar-refractivity contribution in [3.8, 4) is 0 Å². The number of aromatic nitrogens is 1. The van der Waals surface area contributed by atoms with E-state index in [2.05, 4.69) is 25.8 Å². The number of nitrogens with zero attached hydrogens (tertiary/aromatic N) is 3. The Hall–Kier alpha value is -6.80. The van der Waals surface area contributed by atoms with E-state index in [9.17, 15) is 24.0 Å². The zero-order chi connectivity index (χ0) is 44.2. The summed E-state index contributed by atoms with van der Waals surface area (Å²) in [6.07, 6.45) is 1.95. The summed E-state index contributed by atoms with van der Waals surface area (Å²) in [7, 11) is 0. The second kappa shape index (κ2) is 16.5. The fourth-order valence-electron chi connectivity index (χ4n) is 10.2. The summed E-state index contributed by atoms with van der Waals surface area (Å²) in [5.74, 6) is -2.98. The molecule has 324 valence electrons. The predicted molar refractivity (Wildman–Crippen MR) is 237 cm³/mol. The lowest BCUT2D eigenvalue weighted by Crippen LogP contribution is -2.68. The lowest BCUT2D eigenvalue weighted by atomic mass is 9.78. The average molecular weight is 849 g/mol. The third kappa shape index (κ3) is 7.31. The van der Waals surface area contributed by atoms with Crippen LogP contribution in [-0.2, 0) is 53.6 Å². The van der Waals surface area contributed by atoms with Gasteiger partial charge in [-0.05, 0) is 54.5 Å². The summed E-state index contributed by atoms with van der Waals surface area (Å²) >= 11 is 0. The van der Waals surface area contributed by atoms with Gasteiger partial charge in [-0.1, -0.05) is 111 Å². The molecule has 4 aromatic carbocycles. The summed E-state index contributed by atoms with van der Waals surface area (Å²) in [6, 6.07) is 28.0. The molecule has 0 saturated carbocycles. The molecule has 8 atom stereocenters. The first-order valence-electron chi connectivity index (χ1n) is 21.7. The van der Waals surface area contributed by atoms with Crippen molar-refractivity contribution in [2.45, 2.75) is 101 Å². The van der Waals surface area contributed by atoms with E-state index >= 15 is 4.79 Å². The average Bonchev–Trinajstić information content (AvgIpc) is 3.89. The van der Waals surface area contributed by atoms with Gasteiger partial charge in [0.15, 0.2) is 0 Å². The van der Waals surface area contributed by atoms with Crippen molar-refractivity contribution in [3.63, 3.8) is 0 Å². The van der Waals surface area contributed by atoms with Crippen LogP contribution in [0.15, 0.2) is 115 Å². The van der Waals surface area contributed by atoms with E-state index in [0.717, 1.165) is 27.6 Å². The first-order valence-corrected chi connectivity index (χ1v) is 21.7. The van der Waals surface area contributed by atoms with Crippen LogP contribution in [-0.4, -0.2) is 87.3 Å². The molecule has 5 aromatic rings. The fourth-order valence-corrected chi connectivity index (χ4v) is 10.2. The van der Waals surface area contributed by atoms with Gasteiger partial charge in [-0.25, -0.2) is 0 Å². The van der Waals surface area contributed by atoms with E-state index in [1.165, 1.54) is 6.92 Å². The summed E-state index contributed by atoms with van der Waals surface area (Å²) < 4.78 is 2.11. The van der Waals surface area contributed by atoms with Gasteiger partial charge in [0.2, 0.25) is 29.5 Å². The fraction of sp³-hybridized carbons (Fsp3) is 0.347. The second-order valence-corrected chi connectivity index (χ2v) is 17.8. The van der Waals surface area contributed by atoms with Crippen LogP contribution in [0.4, 0.5) is 5.69 Å². The van der Waals surface area contributed by atoms with Gasteiger partial charge in [-0.2, -0.15) is 0 Å². The topological polar surface area (TPSA) is 188 Å². The van der Waals surface area contributed by atoms with E-state index in [0.29, 0.717) is 11.3 Å². The Morgan fingerprint density at radius 3 is 2.19 bits per heavy atom. The van der Waals surface area contributed by atoms with Crippen molar-refractivity contribution in [3.05, 3.63) is 138 Å². The van der Waals surface area contributed by atoms with Gasteiger partial charge in [0.25, 0.3) is 5.91 Å². The molecule has 1 spiro atoms. The highest BCUT2D eigenvalue weighted by Crippen LogP contribution is 2.57. The summed E-state index contributed by atoms with van der Waals surface area (Å²) in [5, 5.41) is 12.4. The number of hydrogen-bond donors (Lipinski definition) is 5. The van der Waals surface area contributed by atoms with E-state index in [4.69, 9.17) is 5.73 Å². The van der Waals surface area contributed by atoms with Crippen molar-refractivity contribution < 1.29 is 28.8 Å². The molecule has 2 fully saturated rings. The lowest BCUT2D eigenvalue weighted by Gasteiger charge is -2.49. The van der Waals surface area contributed by atoms with Crippen LogP contribution in [0.2, 0.25) is 0 Å². The molecule has 2 saturated heterocycles. The largest absolute Gasteiger partial charge is 0.343 e. The van der Waals surface area contributed by atoms with Gasteiger partial charge in [0.1, 0.15) is 41.9 Å². The number of amides is 6. The summed E-state index contributed by atoms with van der Waals surface area (Å²) in [4.78, 5) is 90.3. The van der Waals surface area contributed by atoms with Crippen LogP contribution in [0, 0.1) is 5.92 Å². The van der Waals surface area contributed by atoms with Crippen LogP contribution < -0.4 is 31.9 Å². The molecule has 9 rings (SSSR count). The van der Waals surface area contributed by atoms with Crippen LogP contribution in [0.5, 0.6) is 0 Å². The van der Waals surface area contributed by atoms with Crippen molar-refractivity contribution in [1.29, 1.82) is 0 Å². The zero-order valence-electron chi connectivity index (χ0n) is 35.5. The van der Waals surface area contributed by atoms with Crippen molar-refractivity contribution in [1.82, 2.24) is 30.7 Å². The van der Waals surface area contributed by atoms with E-state index in [-0.39, 0.29) is 43.9 Å². The molecule has 4 bridgehead atoms.